The second-order valence-corrected chi connectivity index (χ2v) is 6.35. The summed E-state index contributed by atoms with van der Waals surface area (Å²) in [6.07, 6.45) is 0.967. The van der Waals surface area contributed by atoms with Gasteiger partial charge in [0, 0.05) is 0 Å². The minimum absolute atomic E-state index is 0.340. The molecule has 0 aliphatic heterocycles. The van der Waals surface area contributed by atoms with E-state index in [4.69, 9.17) is 0 Å². The normalized spacial score (nSPS) is 16.0. The molecular formula is C19H23F3. The largest absolute Gasteiger partial charge is 0.416 e. The monoisotopic (exact) mass is 308 g/mol. The van der Waals surface area contributed by atoms with Gasteiger partial charge < -0.3 is 0 Å². The maximum atomic E-state index is 13.4. The lowest BCUT2D eigenvalue weighted by Gasteiger charge is -2.23. The first-order chi connectivity index (χ1) is 10.2. The zero-order valence-corrected chi connectivity index (χ0v) is 13.7. The Morgan fingerprint density at radius 3 is 2.14 bits per heavy atom. The van der Waals surface area contributed by atoms with Crippen molar-refractivity contribution >= 4 is 5.57 Å². The Morgan fingerprint density at radius 2 is 1.59 bits per heavy atom. The molecule has 22 heavy (non-hydrogen) atoms. The first-order valence-electron chi connectivity index (χ1n) is 7.76. The fourth-order valence-electron chi connectivity index (χ4n) is 3.24. The summed E-state index contributed by atoms with van der Waals surface area (Å²) in [4.78, 5) is 0. The summed E-state index contributed by atoms with van der Waals surface area (Å²) < 4.78 is 40.3. The van der Waals surface area contributed by atoms with E-state index < -0.39 is 11.7 Å². The number of rotatable bonds is 2. The molecule has 0 heterocycles. The van der Waals surface area contributed by atoms with E-state index in [1.807, 2.05) is 19.1 Å². The predicted octanol–water partition coefficient (Wildman–Crippen LogP) is 6.18. The molecule has 0 N–H and O–H groups in total. The summed E-state index contributed by atoms with van der Waals surface area (Å²) in [7, 11) is 0. The van der Waals surface area contributed by atoms with Gasteiger partial charge in [-0.05, 0) is 81.2 Å². The number of benzene rings is 1. The van der Waals surface area contributed by atoms with Crippen LogP contribution in [0.15, 0.2) is 29.4 Å². The molecule has 1 aromatic carbocycles. The van der Waals surface area contributed by atoms with E-state index in [0.29, 0.717) is 11.1 Å². The molecule has 0 fully saturated rings. The van der Waals surface area contributed by atoms with Gasteiger partial charge in [-0.3, -0.25) is 0 Å². The van der Waals surface area contributed by atoms with E-state index in [0.717, 1.165) is 36.8 Å². The summed E-state index contributed by atoms with van der Waals surface area (Å²) in [5, 5.41) is 0. The van der Waals surface area contributed by atoms with Crippen LogP contribution >= 0.6 is 0 Å². The van der Waals surface area contributed by atoms with Crippen LogP contribution in [0.3, 0.4) is 0 Å². The zero-order valence-electron chi connectivity index (χ0n) is 13.7. The van der Waals surface area contributed by atoms with Gasteiger partial charge in [0.25, 0.3) is 0 Å². The molecule has 0 saturated heterocycles. The van der Waals surface area contributed by atoms with Gasteiger partial charge >= 0.3 is 6.18 Å². The van der Waals surface area contributed by atoms with Crippen molar-refractivity contribution in [3.05, 3.63) is 51.6 Å². The molecule has 1 aliphatic rings. The van der Waals surface area contributed by atoms with E-state index in [1.165, 1.54) is 17.2 Å². The Hall–Kier alpha value is -1.51. The first kappa shape index (κ1) is 16.9. The average Bonchev–Trinajstić information content (AvgIpc) is 2.43. The van der Waals surface area contributed by atoms with Crippen molar-refractivity contribution in [1.29, 1.82) is 0 Å². The molecule has 0 aromatic heterocycles. The van der Waals surface area contributed by atoms with Crippen molar-refractivity contribution in [3.63, 3.8) is 0 Å². The Kier molecular flexibility index (Phi) is 4.84. The molecule has 0 spiro atoms. The maximum absolute atomic E-state index is 13.4. The average molecular weight is 308 g/mol. The number of fused-ring (bicyclic) bond motifs is 1. The van der Waals surface area contributed by atoms with Crippen molar-refractivity contribution in [2.75, 3.05) is 0 Å². The van der Waals surface area contributed by atoms with Gasteiger partial charge in [0.05, 0.1) is 5.57 Å². The predicted molar refractivity (Wildman–Crippen MR) is 85.9 cm³/mol. The maximum Gasteiger partial charge on any atom is 0.416 e. The Labute approximate surface area is 130 Å². The van der Waals surface area contributed by atoms with E-state index in [2.05, 4.69) is 0 Å². The van der Waals surface area contributed by atoms with Crippen LogP contribution in [0.5, 0.6) is 0 Å². The van der Waals surface area contributed by atoms with Gasteiger partial charge in [0.1, 0.15) is 0 Å². The number of alkyl halides is 3. The highest BCUT2D eigenvalue weighted by Crippen LogP contribution is 2.37. The fraction of sp³-hybridized carbons (Fsp3) is 0.474. The molecule has 0 amide bonds. The van der Waals surface area contributed by atoms with Gasteiger partial charge in [-0.1, -0.05) is 23.8 Å². The van der Waals surface area contributed by atoms with Crippen molar-refractivity contribution in [2.24, 2.45) is 0 Å². The summed E-state index contributed by atoms with van der Waals surface area (Å²) in [6, 6.07) is 3.82. The van der Waals surface area contributed by atoms with Crippen molar-refractivity contribution < 1.29 is 13.2 Å². The molecule has 0 nitrogen and oxygen atoms in total. The van der Waals surface area contributed by atoms with Crippen LogP contribution in [0.1, 0.15) is 55.9 Å². The molecule has 1 aromatic rings. The highest BCUT2D eigenvalue weighted by molar-refractivity contribution is 5.74. The Balaban J connectivity index is 2.68. The van der Waals surface area contributed by atoms with Crippen LogP contribution in [0.25, 0.3) is 5.57 Å². The van der Waals surface area contributed by atoms with E-state index in [9.17, 15) is 13.2 Å². The van der Waals surface area contributed by atoms with Gasteiger partial charge in [-0.2, -0.15) is 13.2 Å². The Bertz CT molecular complexity index is 627. The van der Waals surface area contributed by atoms with Crippen LogP contribution in [-0.4, -0.2) is 6.18 Å². The second kappa shape index (κ2) is 6.31. The van der Waals surface area contributed by atoms with Crippen LogP contribution in [0.4, 0.5) is 13.2 Å². The van der Waals surface area contributed by atoms with Gasteiger partial charge in [0.15, 0.2) is 0 Å². The summed E-state index contributed by atoms with van der Waals surface area (Å²) in [6.45, 7) is 7.04. The van der Waals surface area contributed by atoms with E-state index in [-0.39, 0.29) is 0 Å². The van der Waals surface area contributed by atoms with E-state index >= 15 is 0 Å². The number of aryl methyl sites for hydroxylation is 1. The van der Waals surface area contributed by atoms with Gasteiger partial charge in [-0.25, -0.2) is 0 Å². The lowest BCUT2D eigenvalue weighted by atomic mass is 9.82. The molecule has 2 rings (SSSR count). The summed E-state index contributed by atoms with van der Waals surface area (Å²) in [5.41, 5.74) is 4.81. The standard InChI is InChI=1S/C19H23F3/c1-12(2)11-18(19(20,21)22)14(4)16-10-9-13(3)15-7-5-6-8-17(15)16/h9-11H,5-8H2,1-4H3/b18-14-. The molecule has 0 saturated carbocycles. The molecule has 0 unspecified atom stereocenters. The minimum Gasteiger partial charge on any atom is -0.166 e. The van der Waals surface area contributed by atoms with Crippen molar-refractivity contribution in [2.45, 2.75) is 59.6 Å². The van der Waals surface area contributed by atoms with Gasteiger partial charge in [0.2, 0.25) is 0 Å². The minimum atomic E-state index is -4.33. The van der Waals surface area contributed by atoms with Crippen LogP contribution in [-0.2, 0) is 12.8 Å². The third-order valence-corrected chi connectivity index (χ3v) is 4.32. The van der Waals surface area contributed by atoms with Crippen LogP contribution < -0.4 is 0 Å². The third-order valence-electron chi connectivity index (χ3n) is 4.32. The number of hydrogen-bond donors (Lipinski definition) is 0. The number of allylic oxidation sites excluding steroid dienone is 4. The highest BCUT2D eigenvalue weighted by Gasteiger charge is 2.34. The summed E-state index contributed by atoms with van der Waals surface area (Å²) in [5.74, 6) is 0. The lowest BCUT2D eigenvalue weighted by Crippen LogP contribution is -2.14. The van der Waals surface area contributed by atoms with E-state index in [1.54, 1.807) is 20.8 Å². The zero-order chi connectivity index (χ0) is 16.5. The topological polar surface area (TPSA) is 0 Å². The molecular weight excluding hydrogens is 285 g/mol. The fourth-order valence-corrected chi connectivity index (χ4v) is 3.24. The molecule has 0 bridgehead atoms. The molecule has 0 radical (unpaired) electrons. The first-order valence-corrected chi connectivity index (χ1v) is 7.76. The lowest BCUT2D eigenvalue weighted by molar-refractivity contribution is -0.0877. The molecule has 1 aliphatic carbocycles. The third kappa shape index (κ3) is 3.45. The molecule has 120 valence electrons. The van der Waals surface area contributed by atoms with Crippen molar-refractivity contribution in [3.8, 4) is 0 Å². The van der Waals surface area contributed by atoms with Crippen LogP contribution in [0.2, 0.25) is 0 Å². The van der Waals surface area contributed by atoms with Crippen LogP contribution in [0, 0.1) is 6.92 Å². The Morgan fingerprint density at radius 1 is 1.00 bits per heavy atom. The number of hydrogen-bond acceptors (Lipinski definition) is 0. The summed E-state index contributed by atoms with van der Waals surface area (Å²) >= 11 is 0. The quantitative estimate of drug-likeness (QED) is 0.573. The highest BCUT2D eigenvalue weighted by atomic mass is 19.4. The van der Waals surface area contributed by atoms with Crippen molar-refractivity contribution in [1.82, 2.24) is 0 Å². The number of halogens is 3. The SMILES string of the molecule is CC(C)=C/C(=C(\C)c1ccc(C)c2c1CCCC2)C(F)(F)F. The smallest absolute Gasteiger partial charge is 0.166 e. The molecule has 0 atom stereocenters. The molecule has 3 heteroatoms. The second-order valence-electron chi connectivity index (χ2n) is 6.35. The van der Waals surface area contributed by atoms with Gasteiger partial charge in [-0.15, -0.1) is 0 Å².